The van der Waals surface area contributed by atoms with Gasteiger partial charge in [0.25, 0.3) is 5.79 Å². The van der Waals surface area contributed by atoms with Crippen LogP contribution in [-0.4, -0.2) is 78.0 Å². The number of aryl methyl sites for hydroxylation is 1. The van der Waals surface area contributed by atoms with Gasteiger partial charge in [-0.05, 0) is 52.2 Å². The number of aliphatic hydroxyl groups is 1. The fourth-order valence-corrected chi connectivity index (χ4v) is 7.90. The van der Waals surface area contributed by atoms with Crippen molar-refractivity contribution in [3.8, 4) is 17.2 Å². The molecule has 3 aliphatic heterocycles. The van der Waals surface area contributed by atoms with Gasteiger partial charge >= 0.3 is 6.16 Å². The van der Waals surface area contributed by atoms with Crippen LogP contribution in [0.3, 0.4) is 0 Å². The van der Waals surface area contributed by atoms with Crippen molar-refractivity contribution < 1.29 is 57.4 Å². The number of hydrogen-bond acceptors (Lipinski definition) is 12. The van der Waals surface area contributed by atoms with Gasteiger partial charge in [-0.2, -0.15) is 0 Å². The molecule has 0 amide bonds. The summed E-state index contributed by atoms with van der Waals surface area (Å²) in [6.07, 6.45) is -1.18. The van der Waals surface area contributed by atoms with Gasteiger partial charge in [0.05, 0.1) is 18.1 Å². The highest BCUT2D eigenvalue weighted by Gasteiger charge is 2.86. The van der Waals surface area contributed by atoms with E-state index >= 15 is 0 Å². The van der Waals surface area contributed by atoms with Crippen molar-refractivity contribution in [1.29, 1.82) is 0 Å². The summed E-state index contributed by atoms with van der Waals surface area (Å²) < 4.78 is 42.4. The average Bonchev–Trinajstić information content (AvgIpc) is 3.46. The standard InChI is InChI=1S/C31H33BrO12/c1-14-10-17-21(23(40-27(36)44-28(2,3)4)20-16(22(17)38-5)8-7-9-18(20)35)24-19(14)25-26-31(39-6,41-24)29(37,13-32)30(42-25,43-26)15(11-33)12-34/h10-12,15,25-26,37H,7-9,13H2,1-6H3/t25?,26?,29-,30?,31-/m1/s1. The zero-order valence-electron chi connectivity index (χ0n) is 25.1. The number of ether oxygens (including phenoxy) is 7. The molecule has 0 saturated carbocycles. The first-order valence-corrected chi connectivity index (χ1v) is 15.3. The zero-order valence-corrected chi connectivity index (χ0v) is 26.7. The van der Waals surface area contributed by atoms with Crippen LogP contribution >= 0.6 is 15.9 Å². The number of ketones is 1. The van der Waals surface area contributed by atoms with Crippen molar-refractivity contribution in [3.63, 3.8) is 0 Å². The molecule has 44 heavy (non-hydrogen) atoms. The Balaban J connectivity index is 1.70. The highest BCUT2D eigenvalue weighted by atomic mass is 79.9. The summed E-state index contributed by atoms with van der Waals surface area (Å²) in [7, 11) is 2.79. The van der Waals surface area contributed by atoms with Gasteiger partial charge in [-0.15, -0.1) is 0 Å². The number of carbonyl (C=O) groups excluding carboxylic acids is 4. The molecule has 3 heterocycles. The van der Waals surface area contributed by atoms with E-state index in [2.05, 4.69) is 15.9 Å². The van der Waals surface area contributed by atoms with Gasteiger partial charge in [0.15, 0.2) is 23.2 Å². The average molecular weight is 677 g/mol. The maximum Gasteiger partial charge on any atom is 0.514 e. The van der Waals surface area contributed by atoms with Crippen LogP contribution in [-0.2, 0) is 35.0 Å². The number of Topliss-reactive ketones (excluding diaryl/α,β-unsaturated/α-hetero) is 1. The minimum absolute atomic E-state index is 0.0822. The number of rotatable bonds is 7. The van der Waals surface area contributed by atoms with Gasteiger partial charge in [-0.1, -0.05) is 15.9 Å². The van der Waals surface area contributed by atoms with E-state index in [-0.39, 0.29) is 40.0 Å². The Morgan fingerprint density at radius 1 is 1.18 bits per heavy atom. The number of fused-ring (bicyclic) bond motifs is 6. The smallest absolute Gasteiger partial charge is 0.496 e. The van der Waals surface area contributed by atoms with Crippen molar-refractivity contribution in [2.75, 3.05) is 19.5 Å². The van der Waals surface area contributed by atoms with E-state index < -0.39 is 47.1 Å². The Kier molecular flexibility index (Phi) is 7.17. The number of aldehydes is 2. The third-order valence-electron chi connectivity index (χ3n) is 8.86. The molecule has 3 unspecified atom stereocenters. The Labute approximate surface area is 261 Å². The summed E-state index contributed by atoms with van der Waals surface area (Å²) in [5, 5.41) is 12.6. The third kappa shape index (κ3) is 3.82. The molecular formula is C31H33BrO12. The maximum atomic E-state index is 13.5. The predicted octanol–water partition coefficient (Wildman–Crippen LogP) is 4.03. The molecule has 0 radical (unpaired) electrons. The lowest BCUT2D eigenvalue weighted by atomic mass is 9.73. The molecule has 1 aliphatic carbocycles. The van der Waals surface area contributed by atoms with Crippen LogP contribution in [0, 0.1) is 12.8 Å². The van der Waals surface area contributed by atoms with Crippen molar-refractivity contribution in [2.24, 2.45) is 5.92 Å². The van der Waals surface area contributed by atoms with Gasteiger partial charge in [0.2, 0.25) is 5.79 Å². The lowest BCUT2D eigenvalue weighted by Crippen LogP contribution is -2.75. The molecule has 2 saturated heterocycles. The van der Waals surface area contributed by atoms with Crippen LogP contribution in [0.25, 0.3) is 10.8 Å². The number of carbonyl (C=O) groups is 4. The van der Waals surface area contributed by atoms with E-state index in [1.54, 1.807) is 33.8 Å². The highest BCUT2D eigenvalue weighted by Crippen LogP contribution is 2.68. The van der Waals surface area contributed by atoms with E-state index in [9.17, 15) is 24.3 Å². The predicted molar refractivity (Wildman–Crippen MR) is 156 cm³/mol. The summed E-state index contributed by atoms with van der Waals surface area (Å²) in [4.78, 5) is 50.8. The van der Waals surface area contributed by atoms with Crippen LogP contribution in [0.15, 0.2) is 6.07 Å². The molecule has 0 aromatic heterocycles. The molecule has 0 spiro atoms. The lowest BCUT2D eigenvalue weighted by molar-refractivity contribution is -0.349. The molecule has 12 nitrogen and oxygen atoms in total. The normalized spacial score (nSPS) is 30.1. The third-order valence-corrected chi connectivity index (χ3v) is 9.67. The Morgan fingerprint density at radius 3 is 2.48 bits per heavy atom. The second-order valence-electron chi connectivity index (χ2n) is 12.4. The van der Waals surface area contributed by atoms with Gasteiger partial charge in [0, 0.05) is 35.4 Å². The van der Waals surface area contributed by atoms with Gasteiger partial charge in [-0.3, -0.25) is 4.79 Å². The van der Waals surface area contributed by atoms with Crippen LogP contribution in [0.5, 0.6) is 17.2 Å². The minimum Gasteiger partial charge on any atom is -0.496 e. The van der Waals surface area contributed by atoms with Gasteiger partial charge in [-0.25, -0.2) is 4.79 Å². The first kappa shape index (κ1) is 30.9. The monoisotopic (exact) mass is 676 g/mol. The first-order chi connectivity index (χ1) is 20.8. The van der Waals surface area contributed by atoms with Crippen molar-refractivity contribution >= 4 is 51.2 Å². The topological polar surface area (TPSA) is 153 Å². The molecule has 4 aliphatic rings. The first-order valence-electron chi connectivity index (χ1n) is 14.2. The molecule has 6 rings (SSSR count). The molecule has 2 aromatic rings. The van der Waals surface area contributed by atoms with Crippen LogP contribution in [0.1, 0.15) is 66.8 Å². The number of benzene rings is 2. The fourth-order valence-electron chi connectivity index (χ4n) is 7.12. The highest BCUT2D eigenvalue weighted by molar-refractivity contribution is 9.09. The van der Waals surface area contributed by atoms with E-state index in [4.69, 9.17) is 33.2 Å². The van der Waals surface area contributed by atoms with Crippen molar-refractivity contribution in [3.05, 3.63) is 28.3 Å². The summed E-state index contributed by atoms with van der Waals surface area (Å²) in [5.74, 6) is -5.54. The van der Waals surface area contributed by atoms with E-state index in [1.165, 1.54) is 14.2 Å². The summed E-state index contributed by atoms with van der Waals surface area (Å²) in [6, 6.07) is 1.80. The van der Waals surface area contributed by atoms with Gasteiger partial charge in [0.1, 0.15) is 41.7 Å². The number of halogens is 1. The Hall–Kier alpha value is -3.10. The molecule has 1 N–H and O–H groups in total. The lowest BCUT2D eigenvalue weighted by Gasteiger charge is -2.53. The van der Waals surface area contributed by atoms with Crippen LogP contribution in [0.2, 0.25) is 0 Å². The molecule has 5 atom stereocenters. The van der Waals surface area contributed by atoms with E-state index in [0.29, 0.717) is 53.2 Å². The summed E-state index contributed by atoms with van der Waals surface area (Å²) >= 11 is 3.30. The minimum atomic E-state index is -2.24. The quantitative estimate of drug-likeness (QED) is 0.148. The second-order valence-corrected chi connectivity index (χ2v) is 13.0. The molecule has 236 valence electrons. The summed E-state index contributed by atoms with van der Waals surface area (Å²) in [6.45, 7) is 6.86. The largest absolute Gasteiger partial charge is 0.514 e. The zero-order chi connectivity index (χ0) is 32.0. The molecule has 2 aromatic carbocycles. The molecular weight excluding hydrogens is 644 g/mol. The Morgan fingerprint density at radius 2 is 1.89 bits per heavy atom. The number of alkyl halides is 1. The maximum absolute atomic E-state index is 13.5. The van der Waals surface area contributed by atoms with Crippen LogP contribution in [0.4, 0.5) is 4.79 Å². The number of hydrogen-bond donors (Lipinski definition) is 1. The summed E-state index contributed by atoms with van der Waals surface area (Å²) in [5.41, 5.74) is -1.30. The SMILES string of the molecule is COc1c2c(c(OC(=O)OC(C)(C)C)c3c4c(c(C)cc13)C1OC3(C(C=O)C=O)OC1[C@@](OC)(O4)[C@@]3(O)CBr)C(=O)CCC2. The number of methoxy groups -OCH3 is 2. The van der Waals surface area contributed by atoms with Gasteiger partial charge < -0.3 is 47.9 Å². The molecule has 2 bridgehead atoms. The molecule has 2 fully saturated rings. The van der Waals surface area contributed by atoms with Crippen molar-refractivity contribution in [2.45, 2.75) is 81.9 Å². The fraction of sp³-hybridized carbons (Fsp3) is 0.548. The Bertz CT molecular complexity index is 1610. The van der Waals surface area contributed by atoms with E-state index in [0.717, 1.165) is 0 Å². The van der Waals surface area contributed by atoms with E-state index in [1.807, 2.05) is 0 Å². The molecule has 13 heteroatoms. The second kappa shape index (κ2) is 10.2. The van der Waals surface area contributed by atoms with Crippen LogP contribution < -0.4 is 14.2 Å². The van der Waals surface area contributed by atoms with Crippen molar-refractivity contribution in [1.82, 2.24) is 0 Å².